The van der Waals surface area contributed by atoms with Crippen molar-refractivity contribution in [2.24, 2.45) is 0 Å². The number of fused-ring (bicyclic) bond motifs is 1. The van der Waals surface area contributed by atoms with Crippen molar-refractivity contribution < 1.29 is 26.7 Å². The van der Waals surface area contributed by atoms with Gasteiger partial charge in [-0.25, -0.2) is 4.79 Å². The van der Waals surface area contributed by atoms with E-state index in [2.05, 4.69) is 49.6 Å². The SMILES string of the molecule is CCNC1=CC2=C([C+]=C1C)C(c1ccccc1C(=O)OCC)c1cc(C)c(NCC)cc1O2.[Cl-]. The van der Waals surface area contributed by atoms with E-state index in [-0.39, 0.29) is 24.3 Å². The maximum atomic E-state index is 12.9. The molecule has 0 spiro atoms. The highest BCUT2D eigenvalue weighted by Gasteiger charge is 2.40. The standard InChI is InChI=1S/C28H31N2O3.ClH/c1-6-29-23-15-25-21(13-17(23)4)27(19-11-9-10-12-20(19)28(31)32-8-3)22-14-18(5)24(30-7-2)16-26(22)33-25;/h9-13,15-16,27,29-30H,6-8H2,1-5H3;1H/q+1;/p-1. The lowest BCUT2D eigenvalue weighted by Crippen LogP contribution is -3.00. The minimum Gasteiger partial charge on any atom is -1.00 e. The summed E-state index contributed by atoms with van der Waals surface area (Å²) in [5.74, 6) is 1.02. The first-order chi connectivity index (χ1) is 16.0. The van der Waals surface area contributed by atoms with Gasteiger partial charge >= 0.3 is 5.97 Å². The fourth-order valence-electron chi connectivity index (χ4n) is 4.47. The van der Waals surface area contributed by atoms with Gasteiger partial charge in [-0.1, -0.05) is 18.2 Å². The number of aryl methyl sites for hydroxylation is 1. The molecule has 2 aromatic carbocycles. The van der Waals surface area contributed by atoms with Crippen LogP contribution in [0, 0.1) is 13.0 Å². The molecule has 0 saturated heterocycles. The molecule has 2 aromatic rings. The number of hydrogen-bond donors (Lipinski definition) is 2. The molecule has 1 unspecified atom stereocenters. The van der Waals surface area contributed by atoms with Crippen LogP contribution in [0.4, 0.5) is 5.69 Å². The Kier molecular flexibility index (Phi) is 8.03. The summed E-state index contributed by atoms with van der Waals surface area (Å²) >= 11 is 0. The van der Waals surface area contributed by atoms with Crippen LogP contribution in [0.15, 0.2) is 65.1 Å². The number of carbonyl (C=O) groups is 1. The molecular formula is C28H31ClN2O3. The van der Waals surface area contributed by atoms with E-state index >= 15 is 0 Å². The Morgan fingerprint density at radius 1 is 1.06 bits per heavy atom. The molecule has 0 radical (unpaired) electrons. The average molecular weight is 479 g/mol. The lowest BCUT2D eigenvalue weighted by molar-refractivity contribution is -0.0000254. The van der Waals surface area contributed by atoms with E-state index in [1.165, 1.54) is 0 Å². The van der Waals surface area contributed by atoms with Crippen molar-refractivity contribution in [2.75, 3.05) is 25.0 Å². The van der Waals surface area contributed by atoms with Crippen LogP contribution in [-0.2, 0) is 4.74 Å². The quantitative estimate of drug-likeness (QED) is 0.473. The number of ether oxygens (including phenoxy) is 2. The molecule has 0 amide bonds. The summed E-state index contributed by atoms with van der Waals surface area (Å²) in [5, 5.41) is 6.81. The minimum atomic E-state index is -0.315. The molecule has 0 fully saturated rings. The van der Waals surface area contributed by atoms with Gasteiger partial charge in [0, 0.05) is 30.4 Å². The van der Waals surface area contributed by atoms with Gasteiger partial charge in [-0.05, 0) is 57.9 Å². The first-order valence-electron chi connectivity index (χ1n) is 11.6. The van der Waals surface area contributed by atoms with Crippen molar-refractivity contribution >= 4 is 11.7 Å². The number of allylic oxidation sites excluding steroid dienone is 4. The fourth-order valence-corrected chi connectivity index (χ4v) is 4.47. The predicted octanol–water partition coefficient (Wildman–Crippen LogP) is 2.64. The normalized spacial score (nSPS) is 16.0. The molecule has 2 N–H and O–H groups in total. The first-order valence-corrected chi connectivity index (χ1v) is 11.6. The summed E-state index contributed by atoms with van der Waals surface area (Å²) in [6.07, 6.45) is 5.61. The number of halogens is 1. The van der Waals surface area contributed by atoms with Gasteiger partial charge in [0.1, 0.15) is 11.6 Å². The van der Waals surface area contributed by atoms with Crippen molar-refractivity contribution in [3.8, 4) is 5.75 Å². The number of nitrogens with one attached hydrogen (secondary N) is 2. The molecule has 1 aliphatic heterocycles. The molecule has 0 bridgehead atoms. The first kappa shape index (κ1) is 25.4. The van der Waals surface area contributed by atoms with Crippen molar-refractivity contribution in [2.45, 2.75) is 40.5 Å². The second-order valence-corrected chi connectivity index (χ2v) is 8.19. The van der Waals surface area contributed by atoms with E-state index in [0.29, 0.717) is 12.2 Å². The van der Waals surface area contributed by atoms with E-state index in [1.807, 2.05) is 44.2 Å². The third-order valence-electron chi connectivity index (χ3n) is 5.95. The third kappa shape index (κ3) is 4.68. The van der Waals surface area contributed by atoms with Gasteiger partial charge in [0.15, 0.2) is 17.0 Å². The summed E-state index contributed by atoms with van der Waals surface area (Å²) in [6.45, 7) is 12.1. The summed E-state index contributed by atoms with van der Waals surface area (Å²) in [7, 11) is 0. The molecular weight excluding hydrogens is 448 g/mol. The number of benzene rings is 2. The molecule has 0 saturated carbocycles. The largest absolute Gasteiger partial charge is 1.00 e. The molecule has 6 heteroatoms. The second-order valence-electron chi connectivity index (χ2n) is 8.19. The van der Waals surface area contributed by atoms with Crippen LogP contribution in [0.5, 0.6) is 5.75 Å². The van der Waals surface area contributed by atoms with Gasteiger partial charge in [-0.2, -0.15) is 0 Å². The lowest BCUT2D eigenvalue weighted by Gasteiger charge is -2.28. The average Bonchev–Trinajstić information content (AvgIpc) is 2.80. The van der Waals surface area contributed by atoms with Crippen LogP contribution in [0.3, 0.4) is 0 Å². The summed E-state index contributed by atoms with van der Waals surface area (Å²) < 4.78 is 11.8. The minimum absolute atomic E-state index is 0. The molecule has 5 nitrogen and oxygen atoms in total. The predicted molar refractivity (Wildman–Crippen MR) is 131 cm³/mol. The van der Waals surface area contributed by atoms with Gasteiger partial charge in [-0.15, -0.1) is 0 Å². The molecule has 0 aromatic heterocycles. The zero-order valence-corrected chi connectivity index (χ0v) is 21.1. The van der Waals surface area contributed by atoms with Crippen molar-refractivity contribution in [1.82, 2.24) is 5.32 Å². The van der Waals surface area contributed by atoms with Crippen LogP contribution in [0.1, 0.15) is 60.7 Å². The molecule has 1 aliphatic carbocycles. The highest BCUT2D eigenvalue weighted by atomic mass is 35.5. The Morgan fingerprint density at radius 3 is 2.50 bits per heavy atom. The lowest BCUT2D eigenvalue weighted by atomic mass is 9.77. The Hall–Kier alpha value is -3.27. The maximum absolute atomic E-state index is 12.9. The molecule has 178 valence electrons. The van der Waals surface area contributed by atoms with Crippen LogP contribution in [-0.4, -0.2) is 25.7 Å². The van der Waals surface area contributed by atoms with Crippen LogP contribution >= 0.6 is 0 Å². The Bertz CT molecular complexity index is 1180. The maximum Gasteiger partial charge on any atom is 0.338 e. The monoisotopic (exact) mass is 478 g/mol. The number of anilines is 1. The highest BCUT2D eigenvalue weighted by Crippen LogP contribution is 2.48. The number of carbonyl (C=O) groups excluding carboxylic acids is 1. The topological polar surface area (TPSA) is 59.6 Å². The summed E-state index contributed by atoms with van der Waals surface area (Å²) in [5.41, 5.74) is 7.59. The smallest absolute Gasteiger partial charge is 0.338 e. The molecule has 4 rings (SSSR count). The van der Waals surface area contributed by atoms with E-state index in [1.54, 1.807) is 0 Å². The van der Waals surface area contributed by atoms with Crippen LogP contribution in [0.2, 0.25) is 0 Å². The second kappa shape index (κ2) is 10.8. The third-order valence-corrected chi connectivity index (χ3v) is 5.95. The number of hydrogen-bond acceptors (Lipinski definition) is 5. The van der Waals surface area contributed by atoms with Crippen LogP contribution in [0.25, 0.3) is 0 Å². The van der Waals surface area contributed by atoms with E-state index in [4.69, 9.17) is 9.47 Å². The number of esters is 1. The number of likely N-dealkylation sites (N-methyl/N-ethyl adjacent to an activating group) is 1. The van der Waals surface area contributed by atoms with Gasteiger partial charge in [-0.3, -0.25) is 0 Å². The van der Waals surface area contributed by atoms with Crippen molar-refractivity contribution in [3.63, 3.8) is 0 Å². The molecule has 34 heavy (non-hydrogen) atoms. The fraction of sp³-hybridized carbons (Fsp3) is 0.321. The van der Waals surface area contributed by atoms with Gasteiger partial charge in [0.25, 0.3) is 0 Å². The van der Waals surface area contributed by atoms with Gasteiger partial charge in [0.05, 0.1) is 24.2 Å². The summed E-state index contributed by atoms with van der Waals surface area (Å²) in [4.78, 5) is 12.9. The van der Waals surface area contributed by atoms with Crippen molar-refractivity contribution in [3.05, 3.63) is 93.4 Å². The van der Waals surface area contributed by atoms with Crippen molar-refractivity contribution in [1.29, 1.82) is 0 Å². The Balaban J connectivity index is 0.00000324. The van der Waals surface area contributed by atoms with Crippen LogP contribution < -0.4 is 27.8 Å². The Morgan fingerprint density at radius 2 is 1.79 bits per heavy atom. The number of rotatable bonds is 7. The highest BCUT2D eigenvalue weighted by molar-refractivity contribution is 5.92. The van der Waals surface area contributed by atoms with E-state index < -0.39 is 0 Å². The zero-order chi connectivity index (χ0) is 23.5. The van der Waals surface area contributed by atoms with Gasteiger partial charge < -0.3 is 32.5 Å². The molecule has 1 heterocycles. The molecule has 1 atom stereocenters. The summed E-state index contributed by atoms with van der Waals surface area (Å²) in [6, 6.07) is 11.9. The van der Waals surface area contributed by atoms with Gasteiger partial charge in [0.2, 0.25) is 5.76 Å². The van der Waals surface area contributed by atoms with E-state index in [9.17, 15) is 4.79 Å². The zero-order valence-electron chi connectivity index (χ0n) is 20.3. The Labute approximate surface area is 208 Å². The molecule has 2 aliphatic rings. The van der Waals surface area contributed by atoms with E-state index in [0.717, 1.165) is 63.8 Å².